The average molecular weight is 899 g/mol. The van der Waals surface area contributed by atoms with Gasteiger partial charge in [0.15, 0.2) is 11.6 Å². The van der Waals surface area contributed by atoms with Crippen molar-refractivity contribution in [3.63, 3.8) is 0 Å². The van der Waals surface area contributed by atoms with E-state index in [2.05, 4.69) is 134 Å². The van der Waals surface area contributed by atoms with E-state index in [0.29, 0.717) is 24.0 Å². The summed E-state index contributed by atoms with van der Waals surface area (Å²) in [5.74, 6) is -1.07. The Morgan fingerprint density at radius 3 is 1.24 bits per heavy atom. The van der Waals surface area contributed by atoms with Crippen molar-refractivity contribution in [1.82, 2.24) is 0 Å². The van der Waals surface area contributed by atoms with Gasteiger partial charge in [-0.25, -0.2) is 0 Å². The Morgan fingerprint density at radius 2 is 0.879 bits per heavy atom. The molecule has 0 bridgehead atoms. The molecule has 358 valence electrons. The number of ketones is 2. The summed E-state index contributed by atoms with van der Waals surface area (Å²) in [6, 6.07) is 0. The average Bonchev–Trinajstić information content (AvgIpc) is 3.24. The number of hydrogen-bond donors (Lipinski definition) is 3. The lowest BCUT2D eigenvalue weighted by atomic mass is 9.71. The van der Waals surface area contributed by atoms with Gasteiger partial charge in [0.05, 0.1) is 0 Å². The van der Waals surface area contributed by atoms with Gasteiger partial charge in [0.2, 0.25) is 0 Å². The van der Waals surface area contributed by atoms with Crippen molar-refractivity contribution >= 4 is 17.5 Å². The number of allylic oxidation sites excluding steroid dienone is 30. The number of carbonyl (C=O) groups excluding carboxylic acids is 2. The molecule has 0 aromatic heterocycles. The van der Waals surface area contributed by atoms with E-state index in [9.17, 15) is 24.6 Å². The van der Waals surface area contributed by atoms with E-state index in [-0.39, 0.29) is 28.8 Å². The number of aliphatic carboxylic acids is 1. The van der Waals surface area contributed by atoms with Crippen molar-refractivity contribution in [2.45, 2.75) is 153 Å². The highest BCUT2D eigenvalue weighted by atomic mass is 16.4. The van der Waals surface area contributed by atoms with Gasteiger partial charge in [-0.05, 0) is 132 Å². The Kier molecular flexibility index (Phi) is 28.7. The molecule has 0 radical (unpaired) electrons. The third-order valence-electron chi connectivity index (χ3n) is 11.2. The predicted octanol–water partition coefficient (Wildman–Crippen LogP) is 14.9. The topological polar surface area (TPSA) is 112 Å². The van der Waals surface area contributed by atoms with Crippen LogP contribution in [0, 0.1) is 10.8 Å². The van der Waals surface area contributed by atoms with E-state index in [1.54, 1.807) is 13.8 Å². The fourth-order valence-corrected chi connectivity index (χ4v) is 7.36. The molecule has 66 heavy (non-hydrogen) atoms. The lowest BCUT2D eigenvalue weighted by Gasteiger charge is -2.34. The Hall–Kier alpha value is -5.43. The van der Waals surface area contributed by atoms with Crippen LogP contribution in [0.2, 0.25) is 0 Å². The van der Waals surface area contributed by atoms with Crippen molar-refractivity contribution in [2.24, 2.45) is 10.8 Å². The molecule has 2 atom stereocenters. The minimum absolute atomic E-state index is 0.175. The van der Waals surface area contributed by atoms with Gasteiger partial charge < -0.3 is 15.3 Å². The predicted molar refractivity (Wildman–Crippen MR) is 281 cm³/mol. The quantitative estimate of drug-likeness (QED) is 0.0535. The molecule has 2 aliphatic carbocycles. The SMILES string of the molecule is CC/C=C\C/C=C\C/C=C\C/C=C\C/C=C\CCCC(=O)O.CC1=C(/C=C/C(C)=C/C=C/C(C)=C/C=C/C=C(C)/C=C/C=C(C)/C=C/C2=C(C)C(=O)[C@@H](O)CC2(C)C)C(C)(C)C[C@H](O)C1=O. The van der Waals surface area contributed by atoms with Crippen molar-refractivity contribution in [2.75, 3.05) is 0 Å². The first-order chi connectivity index (χ1) is 31.2. The molecule has 0 heterocycles. The van der Waals surface area contributed by atoms with Crippen LogP contribution >= 0.6 is 0 Å². The van der Waals surface area contributed by atoms with Crippen LogP contribution in [-0.4, -0.2) is 45.1 Å². The van der Waals surface area contributed by atoms with E-state index in [4.69, 9.17) is 5.11 Å². The first kappa shape index (κ1) is 58.6. The van der Waals surface area contributed by atoms with Crippen LogP contribution in [-0.2, 0) is 14.4 Å². The number of carbonyl (C=O) groups is 3. The van der Waals surface area contributed by atoms with Gasteiger partial charge in [0.25, 0.3) is 0 Å². The Balaban J connectivity index is 0.000000832. The second-order valence-corrected chi connectivity index (χ2v) is 18.4. The Bertz CT molecular complexity index is 1990. The minimum atomic E-state index is -0.907. The van der Waals surface area contributed by atoms with Gasteiger partial charge in [0.1, 0.15) is 12.2 Å². The van der Waals surface area contributed by atoms with E-state index < -0.39 is 18.2 Å². The number of aliphatic hydroxyl groups excluding tert-OH is 2. The summed E-state index contributed by atoms with van der Waals surface area (Å²) in [4.78, 5) is 34.8. The highest BCUT2D eigenvalue weighted by Gasteiger charge is 2.37. The van der Waals surface area contributed by atoms with Crippen LogP contribution in [0.25, 0.3) is 0 Å². The smallest absolute Gasteiger partial charge is 0.303 e. The molecule has 0 aliphatic heterocycles. The number of carboxylic acid groups (broad SMARTS) is 1. The molecule has 0 saturated carbocycles. The summed E-state index contributed by atoms with van der Waals surface area (Å²) in [7, 11) is 0. The molecule has 0 unspecified atom stereocenters. The highest BCUT2D eigenvalue weighted by molar-refractivity contribution is 6.01. The Morgan fingerprint density at radius 1 is 0.545 bits per heavy atom. The first-order valence-corrected chi connectivity index (χ1v) is 23.6. The standard InChI is InChI=1S/C40H52O4.C20H30O2/c1-27(17-13-19-29(3)21-23-33-31(5)37(43)35(41)25-39(33,7)8)15-11-12-16-28(2)18-14-20-30(4)22-24-34-32(6)38(44)36(42)26-40(34,9)10;1-2-3-4-5-6-7-8-9-10-11-12-13-14-15-16-17-18-19-20(21)22/h11-24,35-36,41-42H,25-26H2,1-10H3;3-4,6-7,9-10,12-13,15-16H,2,5,8,11,14,17-19H2,1H3,(H,21,22)/b12-11+,17-13+,18-14+,23-21+,24-22+,27-15+,28-16+,29-19+,30-20+;4-3-,7-6-,10-9-,13-12-,16-15-/t35-,36-;/m0./s1. The van der Waals surface area contributed by atoms with Crippen molar-refractivity contribution in [3.05, 3.63) is 190 Å². The monoisotopic (exact) mass is 899 g/mol. The maximum Gasteiger partial charge on any atom is 0.303 e. The molecular formula is C60H82O6. The Labute approximate surface area is 399 Å². The first-order valence-electron chi connectivity index (χ1n) is 23.6. The number of Topliss-reactive ketones (excluding diaryl/α,β-unsaturated/α-hetero) is 2. The van der Waals surface area contributed by atoms with Gasteiger partial charge in [0, 0.05) is 6.42 Å². The fourth-order valence-electron chi connectivity index (χ4n) is 7.36. The van der Waals surface area contributed by atoms with Crippen LogP contribution < -0.4 is 0 Å². The van der Waals surface area contributed by atoms with E-state index in [1.165, 1.54) is 0 Å². The molecule has 0 spiro atoms. The summed E-state index contributed by atoms with van der Waals surface area (Å²) in [5.41, 5.74) is 7.16. The van der Waals surface area contributed by atoms with Gasteiger partial charge in [-0.3, -0.25) is 14.4 Å². The van der Waals surface area contributed by atoms with E-state index in [1.807, 2.05) is 74.6 Å². The third kappa shape index (κ3) is 24.7. The van der Waals surface area contributed by atoms with Crippen molar-refractivity contribution < 1.29 is 29.7 Å². The second kappa shape index (κ2) is 32.3. The van der Waals surface area contributed by atoms with Gasteiger partial charge in [-0.1, -0.05) is 203 Å². The molecule has 0 saturated heterocycles. The summed E-state index contributed by atoms with van der Waals surface area (Å²) < 4.78 is 0. The number of carboxylic acids is 1. The van der Waals surface area contributed by atoms with Crippen LogP contribution in [0.3, 0.4) is 0 Å². The van der Waals surface area contributed by atoms with Gasteiger partial charge in [-0.2, -0.15) is 0 Å². The largest absolute Gasteiger partial charge is 0.481 e. The highest BCUT2D eigenvalue weighted by Crippen LogP contribution is 2.40. The fraction of sp³-hybridized carbons (Fsp3) is 0.417. The summed E-state index contributed by atoms with van der Waals surface area (Å²) in [6.07, 6.45) is 55.9. The molecule has 0 aromatic carbocycles. The summed E-state index contributed by atoms with van der Waals surface area (Å²) in [5, 5.41) is 28.5. The van der Waals surface area contributed by atoms with Gasteiger partial charge in [-0.15, -0.1) is 0 Å². The molecule has 6 nitrogen and oxygen atoms in total. The van der Waals surface area contributed by atoms with Crippen molar-refractivity contribution in [3.8, 4) is 0 Å². The summed E-state index contributed by atoms with van der Waals surface area (Å²) in [6.45, 7) is 22.2. The van der Waals surface area contributed by atoms with Crippen molar-refractivity contribution in [1.29, 1.82) is 0 Å². The van der Waals surface area contributed by atoms with E-state index in [0.717, 1.165) is 78.4 Å². The van der Waals surface area contributed by atoms with Crippen LogP contribution in [0.15, 0.2) is 190 Å². The van der Waals surface area contributed by atoms with E-state index >= 15 is 0 Å². The minimum Gasteiger partial charge on any atom is -0.481 e. The lowest BCUT2D eigenvalue weighted by Crippen LogP contribution is -2.35. The normalized spacial score (nSPS) is 20.6. The zero-order valence-electron chi connectivity index (χ0n) is 42.1. The molecule has 2 rings (SSSR count). The molecule has 6 heteroatoms. The lowest BCUT2D eigenvalue weighted by molar-refractivity contribution is -0.137. The van der Waals surface area contributed by atoms with Crippen LogP contribution in [0.1, 0.15) is 140 Å². The van der Waals surface area contributed by atoms with Crippen LogP contribution in [0.5, 0.6) is 0 Å². The number of aliphatic hydroxyl groups is 2. The zero-order chi connectivity index (χ0) is 49.5. The molecule has 2 aliphatic rings. The maximum atomic E-state index is 12.2. The number of hydrogen-bond acceptors (Lipinski definition) is 5. The van der Waals surface area contributed by atoms with Crippen LogP contribution in [0.4, 0.5) is 0 Å². The number of unbranched alkanes of at least 4 members (excludes halogenated alkanes) is 1. The summed E-state index contributed by atoms with van der Waals surface area (Å²) >= 11 is 0. The second-order valence-electron chi connectivity index (χ2n) is 18.4. The maximum absolute atomic E-state index is 12.2. The zero-order valence-corrected chi connectivity index (χ0v) is 42.1. The molecular weight excluding hydrogens is 817 g/mol. The third-order valence-corrected chi connectivity index (χ3v) is 11.2. The molecule has 3 N–H and O–H groups in total. The molecule has 0 amide bonds. The number of rotatable bonds is 23. The molecule has 0 aromatic rings. The molecule has 0 fully saturated rings. The van der Waals surface area contributed by atoms with Gasteiger partial charge >= 0.3 is 5.97 Å².